The molecule has 1 aliphatic carbocycles. The van der Waals surface area contributed by atoms with Crippen LogP contribution >= 0.6 is 0 Å². The molecule has 0 spiro atoms. The minimum absolute atomic E-state index is 0.102. The summed E-state index contributed by atoms with van der Waals surface area (Å²) in [6, 6.07) is 0. The molecule has 1 fully saturated rings. The molecule has 0 amide bonds. The minimum atomic E-state index is -0.482. The van der Waals surface area contributed by atoms with Crippen LogP contribution in [-0.2, 0) is 14.1 Å². The first-order valence-corrected chi connectivity index (χ1v) is 5.53. The molecule has 0 aliphatic heterocycles. The number of rotatable bonds is 1. The highest BCUT2D eigenvalue weighted by Crippen LogP contribution is 2.35. The van der Waals surface area contributed by atoms with Crippen molar-refractivity contribution in [2.45, 2.75) is 31.6 Å². The summed E-state index contributed by atoms with van der Waals surface area (Å²) in [4.78, 5) is 23.5. The van der Waals surface area contributed by atoms with Crippen LogP contribution in [0.4, 0.5) is 0 Å². The predicted octanol–water partition coefficient (Wildman–Crippen LogP) is 0.447. The smallest absolute Gasteiger partial charge is 0.333 e. The largest absolute Gasteiger partial charge is 0.494 e. The second-order valence-electron chi connectivity index (χ2n) is 4.42. The average Bonchev–Trinajstić information content (AvgIpc) is 2.77. The maximum atomic E-state index is 11.9. The number of aromatic hydroxyl groups is 1. The van der Waals surface area contributed by atoms with Crippen LogP contribution in [0.5, 0.6) is 5.88 Å². The van der Waals surface area contributed by atoms with Crippen molar-refractivity contribution < 1.29 is 5.11 Å². The third-order valence-corrected chi connectivity index (χ3v) is 3.43. The lowest BCUT2D eigenvalue weighted by Gasteiger charge is -2.14. The summed E-state index contributed by atoms with van der Waals surface area (Å²) in [5.41, 5.74) is -0.432. The molecule has 2 rings (SSSR count). The Morgan fingerprint density at radius 2 is 1.69 bits per heavy atom. The first-order chi connectivity index (χ1) is 7.54. The molecule has 0 unspecified atom stereocenters. The minimum Gasteiger partial charge on any atom is -0.494 e. The van der Waals surface area contributed by atoms with Crippen LogP contribution in [-0.4, -0.2) is 14.2 Å². The zero-order valence-corrected chi connectivity index (χ0v) is 9.56. The Kier molecular flexibility index (Phi) is 2.61. The van der Waals surface area contributed by atoms with Crippen molar-refractivity contribution in [3.8, 4) is 5.88 Å². The summed E-state index contributed by atoms with van der Waals surface area (Å²) < 4.78 is 2.20. The summed E-state index contributed by atoms with van der Waals surface area (Å²) >= 11 is 0. The van der Waals surface area contributed by atoms with Crippen LogP contribution in [0.2, 0.25) is 0 Å². The van der Waals surface area contributed by atoms with Gasteiger partial charge >= 0.3 is 5.69 Å². The molecule has 0 atom stereocenters. The maximum absolute atomic E-state index is 11.9. The lowest BCUT2D eigenvalue weighted by molar-refractivity contribution is 0.396. The fourth-order valence-corrected chi connectivity index (χ4v) is 2.43. The van der Waals surface area contributed by atoms with Crippen molar-refractivity contribution in [1.82, 2.24) is 9.13 Å². The Hall–Kier alpha value is -1.52. The Labute approximate surface area is 93.0 Å². The summed E-state index contributed by atoms with van der Waals surface area (Å²) in [6.07, 6.45) is 3.99. The Morgan fingerprint density at radius 3 is 2.25 bits per heavy atom. The number of hydrogen-bond acceptors (Lipinski definition) is 3. The van der Waals surface area contributed by atoms with Crippen molar-refractivity contribution in [2.24, 2.45) is 14.1 Å². The van der Waals surface area contributed by atoms with E-state index in [1.54, 1.807) is 0 Å². The van der Waals surface area contributed by atoms with E-state index in [1.165, 1.54) is 14.1 Å². The topological polar surface area (TPSA) is 64.2 Å². The van der Waals surface area contributed by atoms with Crippen molar-refractivity contribution in [3.63, 3.8) is 0 Å². The van der Waals surface area contributed by atoms with Gasteiger partial charge in [0, 0.05) is 14.1 Å². The predicted molar refractivity (Wildman–Crippen MR) is 59.8 cm³/mol. The first kappa shape index (κ1) is 11.0. The summed E-state index contributed by atoms with van der Waals surface area (Å²) in [7, 11) is 2.93. The van der Waals surface area contributed by atoms with E-state index in [-0.39, 0.29) is 17.4 Å². The van der Waals surface area contributed by atoms with Gasteiger partial charge in [-0.15, -0.1) is 0 Å². The Bertz CT molecular complexity index is 521. The number of hydrogen-bond donors (Lipinski definition) is 1. The molecule has 1 aliphatic rings. The van der Waals surface area contributed by atoms with E-state index >= 15 is 0 Å². The molecule has 1 N–H and O–H groups in total. The van der Waals surface area contributed by atoms with E-state index in [2.05, 4.69) is 0 Å². The molecule has 0 aromatic carbocycles. The van der Waals surface area contributed by atoms with E-state index < -0.39 is 5.69 Å². The van der Waals surface area contributed by atoms with Gasteiger partial charge in [-0.1, -0.05) is 12.8 Å². The van der Waals surface area contributed by atoms with Gasteiger partial charge in [0.15, 0.2) is 0 Å². The summed E-state index contributed by atoms with van der Waals surface area (Å²) in [5, 5.41) is 9.89. The molecule has 1 aromatic heterocycles. The van der Waals surface area contributed by atoms with Gasteiger partial charge in [-0.2, -0.15) is 0 Å². The zero-order valence-electron chi connectivity index (χ0n) is 9.56. The molecule has 0 radical (unpaired) electrons. The van der Waals surface area contributed by atoms with Gasteiger partial charge in [-0.3, -0.25) is 13.9 Å². The fourth-order valence-electron chi connectivity index (χ4n) is 2.43. The van der Waals surface area contributed by atoms with Gasteiger partial charge in [-0.25, -0.2) is 4.79 Å². The van der Waals surface area contributed by atoms with Crippen molar-refractivity contribution in [3.05, 3.63) is 26.4 Å². The quantitative estimate of drug-likeness (QED) is 0.753. The molecular formula is C11H16N2O3. The number of nitrogens with zero attached hydrogens (tertiary/aromatic N) is 2. The molecule has 1 aromatic rings. The van der Waals surface area contributed by atoms with Gasteiger partial charge < -0.3 is 5.11 Å². The van der Waals surface area contributed by atoms with Crippen molar-refractivity contribution in [1.29, 1.82) is 0 Å². The zero-order chi connectivity index (χ0) is 11.9. The average molecular weight is 224 g/mol. The monoisotopic (exact) mass is 224 g/mol. The lowest BCUT2D eigenvalue weighted by Crippen LogP contribution is -2.39. The SMILES string of the molecule is Cn1c(O)c(C2CCCC2)c(=O)n(C)c1=O. The van der Waals surface area contributed by atoms with Crippen LogP contribution in [0.15, 0.2) is 9.59 Å². The summed E-state index contributed by atoms with van der Waals surface area (Å²) in [6.45, 7) is 0. The van der Waals surface area contributed by atoms with Gasteiger partial charge in [-0.05, 0) is 18.8 Å². The lowest BCUT2D eigenvalue weighted by atomic mass is 10.00. The highest BCUT2D eigenvalue weighted by molar-refractivity contribution is 5.27. The van der Waals surface area contributed by atoms with E-state index in [1.807, 2.05) is 0 Å². The third-order valence-electron chi connectivity index (χ3n) is 3.43. The van der Waals surface area contributed by atoms with E-state index in [4.69, 9.17) is 0 Å². The van der Waals surface area contributed by atoms with Crippen LogP contribution in [0, 0.1) is 0 Å². The van der Waals surface area contributed by atoms with Crippen LogP contribution < -0.4 is 11.2 Å². The van der Waals surface area contributed by atoms with Gasteiger partial charge in [0.25, 0.3) is 5.56 Å². The normalized spacial score (nSPS) is 16.9. The van der Waals surface area contributed by atoms with Crippen molar-refractivity contribution in [2.75, 3.05) is 0 Å². The highest BCUT2D eigenvalue weighted by atomic mass is 16.3. The third kappa shape index (κ3) is 1.47. The van der Waals surface area contributed by atoms with E-state index in [0.29, 0.717) is 5.56 Å². The van der Waals surface area contributed by atoms with E-state index in [9.17, 15) is 14.7 Å². The van der Waals surface area contributed by atoms with Gasteiger partial charge in [0.2, 0.25) is 5.88 Å². The van der Waals surface area contributed by atoms with Crippen LogP contribution in [0.1, 0.15) is 37.2 Å². The standard InChI is InChI=1S/C11H16N2O3/c1-12-9(14)8(7-5-3-4-6-7)10(15)13(2)11(12)16/h7,14H,3-6H2,1-2H3. The van der Waals surface area contributed by atoms with Crippen molar-refractivity contribution >= 4 is 0 Å². The molecular weight excluding hydrogens is 208 g/mol. The molecule has 5 nitrogen and oxygen atoms in total. The second kappa shape index (κ2) is 3.81. The molecule has 0 bridgehead atoms. The molecule has 1 saturated carbocycles. The Morgan fingerprint density at radius 1 is 1.12 bits per heavy atom. The van der Waals surface area contributed by atoms with Crippen LogP contribution in [0.3, 0.4) is 0 Å². The highest BCUT2D eigenvalue weighted by Gasteiger charge is 2.26. The van der Waals surface area contributed by atoms with Gasteiger partial charge in [0.1, 0.15) is 0 Å². The molecule has 16 heavy (non-hydrogen) atoms. The first-order valence-electron chi connectivity index (χ1n) is 5.53. The van der Waals surface area contributed by atoms with Crippen LogP contribution in [0.25, 0.3) is 0 Å². The Balaban J connectivity index is 2.69. The summed E-state index contributed by atoms with van der Waals surface area (Å²) in [5.74, 6) is -0.0644. The second-order valence-corrected chi connectivity index (χ2v) is 4.42. The molecule has 5 heteroatoms. The maximum Gasteiger partial charge on any atom is 0.333 e. The molecule has 0 saturated heterocycles. The molecule has 1 heterocycles. The fraction of sp³-hybridized carbons (Fsp3) is 0.636. The molecule has 88 valence electrons. The van der Waals surface area contributed by atoms with E-state index in [0.717, 1.165) is 34.8 Å². The van der Waals surface area contributed by atoms with Gasteiger partial charge in [0.05, 0.1) is 5.56 Å². The number of aromatic nitrogens is 2.